The van der Waals surface area contributed by atoms with E-state index < -0.39 is 17.9 Å². The molecule has 1 aliphatic rings. The Bertz CT molecular complexity index is 295. The van der Waals surface area contributed by atoms with Crippen LogP contribution < -0.4 is 5.43 Å². The molecule has 1 aliphatic heterocycles. The summed E-state index contributed by atoms with van der Waals surface area (Å²) in [6.07, 6.45) is 0. The van der Waals surface area contributed by atoms with Gasteiger partial charge in [-0.2, -0.15) is 0 Å². The first kappa shape index (κ1) is 13.7. The molecule has 0 aromatic carbocycles. The summed E-state index contributed by atoms with van der Waals surface area (Å²) in [5.74, 6) is -1.58. The van der Waals surface area contributed by atoms with Crippen molar-refractivity contribution < 1.29 is 19.4 Å². The van der Waals surface area contributed by atoms with E-state index in [0.717, 1.165) is 0 Å². The Balaban J connectivity index is 2.72. The predicted molar refractivity (Wildman–Crippen MR) is 60.3 cm³/mol. The lowest BCUT2D eigenvalue weighted by Gasteiger charge is -2.30. The number of urea groups is 1. The van der Waals surface area contributed by atoms with Gasteiger partial charge in [0.15, 0.2) is 0 Å². The zero-order chi connectivity index (χ0) is 13.0. The number of rotatable bonds is 4. The second-order valence-electron chi connectivity index (χ2n) is 4.15. The largest absolute Gasteiger partial charge is 0.481 e. The van der Waals surface area contributed by atoms with E-state index in [2.05, 4.69) is 5.43 Å². The number of amides is 2. The number of likely N-dealkylation sites (N-methyl/N-ethyl adjacent to an activating group) is 1. The van der Waals surface area contributed by atoms with Crippen LogP contribution >= 0.6 is 0 Å². The molecular formula is C10H19N3O4. The highest BCUT2D eigenvalue weighted by molar-refractivity contribution is 5.77. The fraction of sp³-hybridized carbons (Fsp3) is 0.800. The van der Waals surface area contributed by atoms with Crippen molar-refractivity contribution in [1.29, 1.82) is 0 Å². The first-order valence-corrected chi connectivity index (χ1v) is 5.52. The normalized spacial score (nSPS) is 23.8. The molecule has 0 spiro atoms. The number of carbonyl (C=O) groups is 2. The van der Waals surface area contributed by atoms with Gasteiger partial charge in [-0.1, -0.05) is 0 Å². The molecular weight excluding hydrogens is 226 g/mol. The molecule has 0 aliphatic carbocycles. The molecule has 0 aromatic rings. The molecule has 1 fully saturated rings. The van der Waals surface area contributed by atoms with Gasteiger partial charge in [0.2, 0.25) is 0 Å². The van der Waals surface area contributed by atoms with Gasteiger partial charge < -0.3 is 14.7 Å². The van der Waals surface area contributed by atoms with Gasteiger partial charge in [0, 0.05) is 20.6 Å². The molecule has 98 valence electrons. The Hall–Kier alpha value is -1.34. The summed E-state index contributed by atoms with van der Waals surface area (Å²) in [6, 6.07) is -0.711. The van der Waals surface area contributed by atoms with Crippen molar-refractivity contribution in [3.63, 3.8) is 0 Å². The zero-order valence-electron chi connectivity index (χ0n) is 10.3. The van der Waals surface area contributed by atoms with Crippen LogP contribution in [0.4, 0.5) is 4.79 Å². The van der Waals surface area contributed by atoms with Crippen LogP contribution in [-0.2, 0) is 9.53 Å². The van der Waals surface area contributed by atoms with E-state index in [0.29, 0.717) is 6.54 Å². The SMILES string of the molecule is CCN(C(=O)NN(C)C)C1COCC1C(=O)O. The third kappa shape index (κ3) is 3.31. The number of carboxylic acid groups (broad SMARTS) is 1. The van der Waals surface area contributed by atoms with Crippen molar-refractivity contribution in [3.05, 3.63) is 0 Å². The van der Waals surface area contributed by atoms with E-state index in [9.17, 15) is 9.59 Å². The van der Waals surface area contributed by atoms with Gasteiger partial charge in [-0.3, -0.25) is 10.2 Å². The van der Waals surface area contributed by atoms with Gasteiger partial charge in [0.05, 0.1) is 19.3 Å². The predicted octanol–water partition coefficient (Wildman–Crippen LogP) is -0.406. The molecule has 0 radical (unpaired) electrons. The molecule has 1 saturated heterocycles. The molecule has 7 nitrogen and oxygen atoms in total. The summed E-state index contributed by atoms with van der Waals surface area (Å²) >= 11 is 0. The number of ether oxygens (including phenoxy) is 1. The number of carbonyl (C=O) groups excluding carboxylic acids is 1. The molecule has 2 unspecified atom stereocenters. The van der Waals surface area contributed by atoms with Crippen LogP contribution in [0, 0.1) is 5.92 Å². The van der Waals surface area contributed by atoms with Gasteiger partial charge in [-0.15, -0.1) is 0 Å². The van der Waals surface area contributed by atoms with E-state index in [1.165, 1.54) is 9.91 Å². The number of hydrazine groups is 1. The molecule has 2 amide bonds. The summed E-state index contributed by atoms with van der Waals surface area (Å²) < 4.78 is 5.15. The summed E-state index contributed by atoms with van der Waals surface area (Å²) in [6.45, 7) is 2.68. The Morgan fingerprint density at radius 2 is 2.06 bits per heavy atom. The van der Waals surface area contributed by atoms with E-state index in [-0.39, 0.29) is 19.2 Å². The molecule has 0 saturated carbocycles. The molecule has 17 heavy (non-hydrogen) atoms. The maximum absolute atomic E-state index is 11.9. The van der Waals surface area contributed by atoms with Crippen molar-refractivity contribution >= 4 is 12.0 Å². The minimum atomic E-state index is -0.927. The third-order valence-corrected chi connectivity index (χ3v) is 2.69. The molecule has 0 aromatic heterocycles. The number of nitrogens with zero attached hydrogens (tertiary/aromatic N) is 2. The van der Waals surface area contributed by atoms with Crippen LogP contribution in [0.1, 0.15) is 6.92 Å². The van der Waals surface area contributed by atoms with E-state index >= 15 is 0 Å². The number of hydrogen-bond donors (Lipinski definition) is 2. The smallest absolute Gasteiger partial charge is 0.332 e. The van der Waals surface area contributed by atoms with Gasteiger partial charge in [0.25, 0.3) is 0 Å². The van der Waals surface area contributed by atoms with Crippen LogP contribution in [0.3, 0.4) is 0 Å². The summed E-state index contributed by atoms with van der Waals surface area (Å²) in [5.41, 5.74) is 2.60. The second-order valence-corrected chi connectivity index (χ2v) is 4.15. The van der Waals surface area contributed by atoms with Crippen LogP contribution in [0.25, 0.3) is 0 Å². The first-order valence-electron chi connectivity index (χ1n) is 5.52. The topological polar surface area (TPSA) is 82.1 Å². The van der Waals surface area contributed by atoms with Crippen LogP contribution in [0.2, 0.25) is 0 Å². The fourth-order valence-corrected chi connectivity index (χ4v) is 1.87. The molecule has 1 heterocycles. The molecule has 1 rings (SSSR count). The second kappa shape index (κ2) is 5.83. The van der Waals surface area contributed by atoms with Gasteiger partial charge in [-0.05, 0) is 6.92 Å². The number of hydrogen-bond acceptors (Lipinski definition) is 4. The summed E-state index contributed by atoms with van der Waals surface area (Å²) in [4.78, 5) is 24.4. The maximum Gasteiger partial charge on any atom is 0.332 e. The number of carboxylic acids is 1. The summed E-state index contributed by atoms with van der Waals surface area (Å²) in [7, 11) is 3.40. The van der Waals surface area contributed by atoms with Crippen LogP contribution in [0.5, 0.6) is 0 Å². The first-order chi connectivity index (χ1) is 7.97. The van der Waals surface area contributed by atoms with Crippen molar-refractivity contribution in [2.24, 2.45) is 5.92 Å². The van der Waals surface area contributed by atoms with E-state index in [1.54, 1.807) is 14.1 Å². The third-order valence-electron chi connectivity index (χ3n) is 2.69. The molecule has 2 atom stereocenters. The zero-order valence-corrected chi connectivity index (χ0v) is 10.3. The lowest BCUT2D eigenvalue weighted by atomic mass is 10.0. The quantitative estimate of drug-likeness (QED) is 0.658. The highest BCUT2D eigenvalue weighted by Crippen LogP contribution is 2.20. The standard InChI is InChI=1S/C10H19N3O4/c1-4-13(10(16)11-12(2)3)8-6-17-5-7(8)9(14)15/h7-8H,4-6H2,1-3H3,(H,11,16)(H,14,15). The average Bonchev–Trinajstić information content (AvgIpc) is 2.66. The lowest BCUT2D eigenvalue weighted by Crippen LogP contribution is -2.53. The average molecular weight is 245 g/mol. The monoisotopic (exact) mass is 245 g/mol. The minimum absolute atomic E-state index is 0.158. The van der Waals surface area contributed by atoms with Gasteiger partial charge in [-0.25, -0.2) is 9.80 Å². The van der Waals surface area contributed by atoms with Crippen LogP contribution in [-0.4, -0.2) is 66.9 Å². The van der Waals surface area contributed by atoms with E-state index in [4.69, 9.17) is 9.84 Å². The molecule has 0 bridgehead atoms. The molecule has 2 N–H and O–H groups in total. The Morgan fingerprint density at radius 3 is 2.53 bits per heavy atom. The number of aliphatic carboxylic acids is 1. The van der Waals surface area contributed by atoms with Crippen LogP contribution in [0.15, 0.2) is 0 Å². The Morgan fingerprint density at radius 1 is 1.41 bits per heavy atom. The lowest BCUT2D eigenvalue weighted by molar-refractivity contribution is -0.142. The molecule has 7 heteroatoms. The van der Waals surface area contributed by atoms with Crippen molar-refractivity contribution in [2.75, 3.05) is 33.9 Å². The Kier molecular flexibility index (Phi) is 4.71. The van der Waals surface area contributed by atoms with Gasteiger partial charge >= 0.3 is 12.0 Å². The highest BCUT2D eigenvalue weighted by atomic mass is 16.5. The Labute approximate surface area is 100 Å². The van der Waals surface area contributed by atoms with E-state index in [1.807, 2.05) is 6.92 Å². The minimum Gasteiger partial charge on any atom is -0.481 e. The van der Waals surface area contributed by atoms with Crippen molar-refractivity contribution in [1.82, 2.24) is 15.3 Å². The van der Waals surface area contributed by atoms with Crippen molar-refractivity contribution in [2.45, 2.75) is 13.0 Å². The van der Waals surface area contributed by atoms with Crippen molar-refractivity contribution in [3.8, 4) is 0 Å². The maximum atomic E-state index is 11.9. The number of nitrogens with one attached hydrogen (secondary N) is 1. The van der Waals surface area contributed by atoms with Gasteiger partial charge in [0.1, 0.15) is 5.92 Å². The summed E-state index contributed by atoms with van der Waals surface area (Å²) in [5, 5.41) is 10.6. The fourth-order valence-electron chi connectivity index (χ4n) is 1.87. The highest BCUT2D eigenvalue weighted by Gasteiger charge is 2.39.